The Hall–Kier alpha value is -2.02. The SMILES string of the molecule is CC(C)C(C)CNC(=O)COc1ccccc1C#N. The first-order valence-corrected chi connectivity index (χ1v) is 6.43. The molecule has 1 amide bonds. The van der Waals surface area contributed by atoms with Gasteiger partial charge in [-0.1, -0.05) is 32.9 Å². The molecule has 102 valence electrons. The molecule has 0 bridgehead atoms. The van der Waals surface area contributed by atoms with Gasteiger partial charge in [0.15, 0.2) is 6.61 Å². The number of hydrogen-bond donors (Lipinski definition) is 1. The van der Waals surface area contributed by atoms with Crippen LogP contribution in [0.5, 0.6) is 5.75 Å². The van der Waals surface area contributed by atoms with E-state index in [1.54, 1.807) is 24.3 Å². The molecule has 1 atom stereocenters. The van der Waals surface area contributed by atoms with E-state index in [1.165, 1.54) is 0 Å². The van der Waals surface area contributed by atoms with Crippen molar-refractivity contribution >= 4 is 5.91 Å². The van der Waals surface area contributed by atoms with Crippen molar-refractivity contribution in [1.29, 1.82) is 5.26 Å². The number of carbonyl (C=O) groups is 1. The van der Waals surface area contributed by atoms with E-state index in [4.69, 9.17) is 10.00 Å². The second-order valence-electron chi connectivity index (χ2n) is 4.92. The van der Waals surface area contributed by atoms with Crippen LogP contribution in [0.1, 0.15) is 26.3 Å². The molecule has 0 aromatic heterocycles. The fourth-order valence-electron chi connectivity index (χ4n) is 1.39. The fourth-order valence-corrected chi connectivity index (χ4v) is 1.39. The standard InChI is InChI=1S/C15H20N2O2/c1-11(2)12(3)9-17-15(18)10-19-14-7-5-4-6-13(14)8-16/h4-7,11-12H,9-10H2,1-3H3,(H,17,18). The highest BCUT2D eigenvalue weighted by Gasteiger charge is 2.10. The van der Waals surface area contributed by atoms with Crippen molar-refractivity contribution in [2.45, 2.75) is 20.8 Å². The summed E-state index contributed by atoms with van der Waals surface area (Å²) in [7, 11) is 0. The molecule has 0 aliphatic carbocycles. The van der Waals surface area contributed by atoms with E-state index in [1.807, 2.05) is 6.07 Å². The Morgan fingerprint density at radius 2 is 2.05 bits per heavy atom. The predicted octanol–water partition coefficient (Wildman–Crippen LogP) is 2.35. The lowest BCUT2D eigenvalue weighted by Crippen LogP contribution is -2.33. The molecular weight excluding hydrogens is 240 g/mol. The number of amides is 1. The molecule has 0 fully saturated rings. The van der Waals surface area contributed by atoms with E-state index >= 15 is 0 Å². The van der Waals surface area contributed by atoms with Crippen LogP contribution >= 0.6 is 0 Å². The van der Waals surface area contributed by atoms with Crippen LogP contribution < -0.4 is 10.1 Å². The summed E-state index contributed by atoms with van der Waals surface area (Å²) >= 11 is 0. The van der Waals surface area contributed by atoms with Gasteiger partial charge in [-0.15, -0.1) is 0 Å². The number of ether oxygens (including phenoxy) is 1. The Kier molecular flexibility index (Phi) is 5.87. The Bertz CT molecular complexity index is 463. The summed E-state index contributed by atoms with van der Waals surface area (Å²) in [6.07, 6.45) is 0. The molecule has 0 spiro atoms. The lowest BCUT2D eigenvalue weighted by Gasteiger charge is -2.16. The first kappa shape index (κ1) is 15.0. The lowest BCUT2D eigenvalue weighted by molar-refractivity contribution is -0.123. The van der Waals surface area contributed by atoms with Crippen LogP contribution in [0.2, 0.25) is 0 Å². The number of hydrogen-bond acceptors (Lipinski definition) is 3. The predicted molar refractivity (Wildman–Crippen MR) is 73.7 cm³/mol. The molecule has 19 heavy (non-hydrogen) atoms. The highest BCUT2D eigenvalue weighted by atomic mass is 16.5. The number of nitrogens with one attached hydrogen (secondary N) is 1. The molecule has 0 saturated carbocycles. The molecule has 4 nitrogen and oxygen atoms in total. The van der Waals surface area contributed by atoms with Gasteiger partial charge in [0.1, 0.15) is 11.8 Å². The first-order chi connectivity index (χ1) is 9.04. The summed E-state index contributed by atoms with van der Waals surface area (Å²) in [5.74, 6) is 1.23. The second-order valence-corrected chi connectivity index (χ2v) is 4.92. The summed E-state index contributed by atoms with van der Waals surface area (Å²) in [6.45, 7) is 6.91. The van der Waals surface area contributed by atoms with Gasteiger partial charge in [0.2, 0.25) is 0 Å². The quantitative estimate of drug-likeness (QED) is 0.854. The largest absolute Gasteiger partial charge is 0.482 e. The second kappa shape index (κ2) is 7.42. The third kappa shape index (κ3) is 5.01. The molecule has 0 radical (unpaired) electrons. The van der Waals surface area contributed by atoms with Crippen molar-refractivity contribution < 1.29 is 9.53 Å². The molecular formula is C15H20N2O2. The van der Waals surface area contributed by atoms with Crippen molar-refractivity contribution in [1.82, 2.24) is 5.32 Å². The van der Waals surface area contributed by atoms with Gasteiger partial charge < -0.3 is 10.1 Å². The van der Waals surface area contributed by atoms with E-state index in [9.17, 15) is 4.79 Å². The van der Waals surface area contributed by atoms with Crippen molar-refractivity contribution in [2.24, 2.45) is 11.8 Å². The molecule has 0 heterocycles. The average Bonchev–Trinajstić information content (AvgIpc) is 2.42. The molecule has 1 aromatic carbocycles. The summed E-state index contributed by atoms with van der Waals surface area (Å²) < 4.78 is 5.35. The van der Waals surface area contributed by atoms with Crippen LogP contribution in [0.3, 0.4) is 0 Å². The van der Waals surface area contributed by atoms with E-state index < -0.39 is 0 Å². The number of rotatable bonds is 6. The Labute approximate surface area is 114 Å². The molecule has 0 saturated heterocycles. The monoisotopic (exact) mass is 260 g/mol. The van der Waals surface area contributed by atoms with Gasteiger partial charge in [0.25, 0.3) is 5.91 Å². The van der Waals surface area contributed by atoms with Crippen molar-refractivity contribution in [3.8, 4) is 11.8 Å². The summed E-state index contributed by atoms with van der Waals surface area (Å²) in [5.41, 5.74) is 0.436. The summed E-state index contributed by atoms with van der Waals surface area (Å²) in [6, 6.07) is 8.90. The third-order valence-corrected chi connectivity index (χ3v) is 3.13. The maximum absolute atomic E-state index is 11.6. The van der Waals surface area contributed by atoms with Gasteiger partial charge in [0, 0.05) is 6.54 Å². The molecule has 1 rings (SSSR count). The van der Waals surface area contributed by atoms with Gasteiger partial charge in [-0.3, -0.25) is 4.79 Å². The Balaban J connectivity index is 2.40. The minimum absolute atomic E-state index is 0.0660. The maximum atomic E-state index is 11.6. The highest BCUT2D eigenvalue weighted by molar-refractivity contribution is 5.77. The zero-order chi connectivity index (χ0) is 14.3. The van der Waals surface area contributed by atoms with Crippen LogP contribution in [0, 0.1) is 23.2 Å². The molecule has 0 aliphatic rings. The zero-order valence-electron chi connectivity index (χ0n) is 11.6. The van der Waals surface area contributed by atoms with Crippen molar-refractivity contribution in [2.75, 3.05) is 13.2 Å². The Morgan fingerprint density at radius 1 is 1.37 bits per heavy atom. The van der Waals surface area contributed by atoms with Crippen LogP contribution in [0.25, 0.3) is 0 Å². The van der Waals surface area contributed by atoms with E-state index in [0.29, 0.717) is 29.7 Å². The van der Waals surface area contributed by atoms with Gasteiger partial charge >= 0.3 is 0 Å². The Morgan fingerprint density at radius 3 is 2.68 bits per heavy atom. The summed E-state index contributed by atoms with van der Waals surface area (Å²) in [5, 5.41) is 11.7. The van der Waals surface area contributed by atoms with Gasteiger partial charge in [-0.2, -0.15) is 5.26 Å². The number of benzene rings is 1. The molecule has 1 aromatic rings. The van der Waals surface area contributed by atoms with Crippen LogP contribution in [0.15, 0.2) is 24.3 Å². The summed E-state index contributed by atoms with van der Waals surface area (Å²) in [4.78, 5) is 11.6. The molecule has 4 heteroatoms. The smallest absolute Gasteiger partial charge is 0.257 e. The van der Waals surface area contributed by atoms with Gasteiger partial charge in [0.05, 0.1) is 5.56 Å². The molecule has 0 aliphatic heterocycles. The van der Waals surface area contributed by atoms with Crippen LogP contribution in [-0.4, -0.2) is 19.1 Å². The normalized spacial score (nSPS) is 11.7. The van der Waals surface area contributed by atoms with E-state index in [2.05, 4.69) is 26.1 Å². The topological polar surface area (TPSA) is 62.1 Å². The van der Waals surface area contributed by atoms with Crippen LogP contribution in [-0.2, 0) is 4.79 Å². The minimum Gasteiger partial charge on any atom is -0.482 e. The average molecular weight is 260 g/mol. The van der Waals surface area contributed by atoms with Gasteiger partial charge in [-0.25, -0.2) is 0 Å². The number of nitrogens with zero attached hydrogens (tertiary/aromatic N) is 1. The molecule has 1 unspecified atom stereocenters. The fraction of sp³-hybridized carbons (Fsp3) is 0.467. The van der Waals surface area contributed by atoms with Crippen molar-refractivity contribution in [3.05, 3.63) is 29.8 Å². The first-order valence-electron chi connectivity index (χ1n) is 6.43. The number of nitriles is 1. The third-order valence-electron chi connectivity index (χ3n) is 3.13. The highest BCUT2D eigenvalue weighted by Crippen LogP contribution is 2.16. The molecule has 1 N–H and O–H groups in total. The number of carbonyl (C=O) groups excluding carboxylic acids is 1. The van der Waals surface area contributed by atoms with E-state index in [0.717, 1.165) is 0 Å². The maximum Gasteiger partial charge on any atom is 0.257 e. The van der Waals surface area contributed by atoms with E-state index in [-0.39, 0.29) is 12.5 Å². The van der Waals surface area contributed by atoms with Gasteiger partial charge in [-0.05, 0) is 24.0 Å². The van der Waals surface area contributed by atoms with Crippen LogP contribution in [0.4, 0.5) is 0 Å². The minimum atomic E-state index is -0.166. The zero-order valence-corrected chi connectivity index (χ0v) is 11.6. The number of para-hydroxylation sites is 1. The van der Waals surface area contributed by atoms with Crippen molar-refractivity contribution in [3.63, 3.8) is 0 Å². The lowest BCUT2D eigenvalue weighted by atomic mass is 9.98.